The van der Waals surface area contributed by atoms with Crippen LogP contribution in [0.25, 0.3) is 10.8 Å². The Morgan fingerprint density at radius 1 is 0.929 bits per heavy atom. The van der Waals surface area contributed by atoms with Gasteiger partial charge in [-0.2, -0.15) is 0 Å². The second kappa shape index (κ2) is 9.22. The van der Waals surface area contributed by atoms with Gasteiger partial charge in [0.2, 0.25) is 10.0 Å². The molecule has 0 bridgehead atoms. The highest BCUT2D eigenvalue weighted by molar-refractivity contribution is 7.89. The summed E-state index contributed by atoms with van der Waals surface area (Å²) in [6, 6.07) is 21.1. The van der Waals surface area contributed by atoms with E-state index in [4.69, 9.17) is 0 Å². The number of benzene rings is 3. The Kier molecular flexibility index (Phi) is 6.70. The summed E-state index contributed by atoms with van der Waals surface area (Å²) in [7, 11) is -3.54. The topological polar surface area (TPSA) is 58.2 Å². The van der Waals surface area contributed by atoms with Gasteiger partial charge in [0.25, 0.3) is 0 Å². The van der Waals surface area contributed by atoms with E-state index in [-0.39, 0.29) is 6.04 Å². The zero-order valence-electron chi connectivity index (χ0n) is 16.5. The maximum Gasteiger partial charge on any atom is 0.240 e. The van der Waals surface area contributed by atoms with Gasteiger partial charge in [0, 0.05) is 23.7 Å². The van der Waals surface area contributed by atoms with Crippen LogP contribution in [0.5, 0.6) is 0 Å². The molecule has 28 heavy (non-hydrogen) atoms. The Labute approximate surface area is 168 Å². The molecule has 3 rings (SSSR count). The molecular formula is C23H28N2O2S. The molecule has 3 aromatic rings. The lowest BCUT2D eigenvalue weighted by Crippen LogP contribution is -2.39. The van der Waals surface area contributed by atoms with Crippen molar-refractivity contribution in [2.75, 3.05) is 11.9 Å². The van der Waals surface area contributed by atoms with E-state index in [0.717, 1.165) is 41.3 Å². The molecule has 0 saturated heterocycles. The van der Waals surface area contributed by atoms with Crippen LogP contribution in [0.1, 0.15) is 31.7 Å². The van der Waals surface area contributed by atoms with E-state index in [0.29, 0.717) is 11.4 Å². The number of sulfonamides is 1. The lowest BCUT2D eigenvalue weighted by molar-refractivity contribution is 0.523. The molecule has 0 heterocycles. The second-order valence-electron chi connectivity index (χ2n) is 7.18. The van der Waals surface area contributed by atoms with E-state index in [1.54, 1.807) is 12.1 Å². The molecule has 0 aliphatic carbocycles. The predicted octanol–water partition coefficient (Wildman–Crippen LogP) is 5.10. The van der Waals surface area contributed by atoms with Gasteiger partial charge in [-0.3, -0.25) is 0 Å². The summed E-state index contributed by atoms with van der Waals surface area (Å²) in [6.07, 6.45) is 2.79. The fraction of sp³-hybridized carbons (Fsp3) is 0.304. The van der Waals surface area contributed by atoms with Crippen molar-refractivity contribution < 1.29 is 8.42 Å². The standard InChI is InChI=1S/C23H28N2O2S/c1-3-4-10-20(25-28(26,27)21-15-13-18(2)14-16-21)17-24-23-12-7-9-19-8-5-6-11-22(19)23/h5-9,11-16,20,24-25H,3-4,10,17H2,1-2H3. The Morgan fingerprint density at radius 2 is 1.64 bits per heavy atom. The van der Waals surface area contributed by atoms with Crippen LogP contribution in [-0.4, -0.2) is 21.0 Å². The number of hydrogen-bond donors (Lipinski definition) is 2. The summed E-state index contributed by atoms with van der Waals surface area (Å²) >= 11 is 0. The van der Waals surface area contributed by atoms with Gasteiger partial charge in [-0.15, -0.1) is 0 Å². The van der Waals surface area contributed by atoms with Gasteiger partial charge in [-0.25, -0.2) is 13.1 Å². The van der Waals surface area contributed by atoms with E-state index in [9.17, 15) is 8.42 Å². The third-order valence-corrected chi connectivity index (χ3v) is 6.42. The monoisotopic (exact) mass is 396 g/mol. The molecule has 2 N–H and O–H groups in total. The van der Waals surface area contributed by atoms with Crippen LogP contribution in [0.15, 0.2) is 71.6 Å². The van der Waals surface area contributed by atoms with Gasteiger partial charge in [-0.1, -0.05) is 73.9 Å². The number of aryl methyl sites for hydroxylation is 1. The first-order valence-corrected chi connectivity index (χ1v) is 11.3. The van der Waals surface area contributed by atoms with Gasteiger partial charge >= 0.3 is 0 Å². The fourth-order valence-electron chi connectivity index (χ4n) is 3.27. The fourth-order valence-corrected chi connectivity index (χ4v) is 4.54. The van der Waals surface area contributed by atoms with Crippen LogP contribution in [0.4, 0.5) is 5.69 Å². The summed E-state index contributed by atoms with van der Waals surface area (Å²) in [5.41, 5.74) is 2.06. The van der Waals surface area contributed by atoms with Crippen molar-refractivity contribution in [3.8, 4) is 0 Å². The van der Waals surface area contributed by atoms with Crippen LogP contribution in [0.3, 0.4) is 0 Å². The Hall–Kier alpha value is -2.37. The summed E-state index contributed by atoms with van der Waals surface area (Å²) < 4.78 is 28.5. The van der Waals surface area contributed by atoms with E-state index >= 15 is 0 Å². The van der Waals surface area contributed by atoms with Crippen LogP contribution in [0, 0.1) is 6.92 Å². The molecule has 0 fully saturated rings. The molecule has 0 radical (unpaired) electrons. The van der Waals surface area contributed by atoms with Crippen LogP contribution < -0.4 is 10.0 Å². The number of anilines is 1. The van der Waals surface area contributed by atoms with Gasteiger partial charge in [0.05, 0.1) is 4.90 Å². The van der Waals surface area contributed by atoms with Crippen molar-refractivity contribution in [3.05, 3.63) is 72.3 Å². The highest BCUT2D eigenvalue weighted by Crippen LogP contribution is 2.23. The number of nitrogens with one attached hydrogen (secondary N) is 2. The number of rotatable bonds is 9. The van der Waals surface area contributed by atoms with Crippen molar-refractivity contribution in [3.63, 3.8) is 0 Å². The number of unbranched alkanes of at least 4 members (excludes halogenated alkanes) is 1. The molecule has 1 unspecified atom stereocenters. The van der Waals surface area contributed by atoms with Gasteiger partial charge in [0.1, 0.15) is 0 Å². The smallest absolute Gasteiger partial charge is 0.240 e. The lowest BCUT2D eigenvalue weighted by Gasteiger charge is -2.20. The molecule has 1 atom stereocenters. The van der Waals surface area contributed by atoms with Gasteiger partial charge < -0.3 is 5.32 Å². The predicted molar refractivity (Wildman–Crippen MR) is 117 cm³/mol. The third kappa shape index (κ3) is 5.12. The zero-order valence-corrected chi connectivity index (χ0v) is 17.3. The van der Waals surface area contributed by atoms with Gasteiger partial charge in [0.15, 0.2) is 0 Å². The van der Waals surface area contributed by atoms with E-state index in [2.05, 4.69) is 35.2 Å². The summed E-state index contributed by atoms with van der Waals surface area (Å²) in [4.78, 5) is 0.310. The molecule has 5 heteroatoms. The highest BCUT2D eigenvalue weighted by atomic mass is 32.2. The average Bonchev–Trinajstić information content (AvgIpc) is 2.70. The first kappa shape index (κ1) is 20.4. The van der Waals surface area contributed by atoms with Crippen molar-refractivity contribution >= 4 is 26.5 Å². The van der Waals surface area contributed by atoms with Crippen molar-refractivity contribution in [2.45, 2.75) is 44.0 Å². The zero-order chi connectivity index (χ0) is 20.0. The largest absolute Gasteiger partial charge is 0.383 e. The molecule has 0 amide bonds. The molecule has 0 aliphatic rings. The average molecular weight is 397 g/mol. The van der Waals surface area contributed by atoms with E-state index in [1.165, 1.54) is 0 Å². The van der Waals surface area contributed by atoms with Crippen LogP contribution in [-0.2, 0) is 10.0 Å². The molecule has 148 valence electrons. The van der Waals surface area contributed by atoms with Gasteiger partial charge in [-0.05, 0) is 36.9 Å². The van der Waals surface area contributed by atoms with Crippen LogP contribution in [0.2, 0.25) is 0 Å². The summed E-state index contributed by atoms with van der Waals surface area (Å²) in [5.74, 6) is 0. The molecule has 0 saturated carbocycles. The third-order valence-electron chi connectivity index (χ3n) is 4.89. The summed E-state index contributed by atoms with van der Waals surface area (Å²) in [6.45, 7) is 4.60. The van der Waals surface area contributed by atoms with E-state index < -0.39 is 10.0 Å². The lowest BCUT2D eigenvalue weighted by atomic mass is 10.1. The summed E-state index contributed by atoms with van der Waals surface area (Å²) in [5, 5.41) is 5.76. The first-order valence-electron chi connectivity index (χ1n) is 9.80. The molecule has 3 aromatic carbocycles. The Balaban J connectivity index is 1.75. The highest BCUT2D eigenvalue weighted by Gasteiger charge is 2.20. The molecular weight excluding hydrogens is 368 g/mol. The number of fused-ring (bicyclic) bond motifs is 1. The SMILES string of the molecule is CCCCC(CNc1cccc2ccccc12)NS(=O)(=O)c1ccc(C)cc1. The van der Waals surface area contributed by atoms with Crippen LogP contribution >= 0.6 is 0 Å². The minimum absolute atomic E-state index is 0.176. The maximum absolute atomic E-state index is 12.8. The van der Waals surface area contributed by atoms with E-state index in [1.807, 2.05) is 43.3 Å². The maximum atomic E-state index is 12.8. The normalized spacial score (nSPS) is 12.8. The molecule has 4 nitrogen and oxygen atoms in total. The first-order chi connectivity index (χ1) is 13.5. The molecule has 0 spiro atoms. The Bertz CT molecular complexity index is 1010. The van der Waals surface area contributed by atoms with Crippen molar-refractivity contribution in [1.29, 1.82) is 0 Å². The second-order valence-corrected chi connectivity index (χ2v) is 8.90. The van der Waals surface area contributed by atoms with Crippen molar-refractivity contribution in [2.24, 2.45) is 0 Å². The number of hydrogen-bond acceptors (Lipinski definition) is 3. The minimum Gasteiger partial charge on any atom is -0.383 e. The Morgan fingerprint density at radius 3 is 2.39 bits per heavy atom. The quantitative estimate of drug-likeness (QED) is 0.529. The minimum atomic E-state index is -3.54. The van der Waals surface area contributed by atoms with Crippen molar-refractivity contribution in [1.82, 2.24) is 4.72 Å². The molecule has 0 aliphatic heterocycles. The molecule has 0 aromatic heterocycles.